The number of nitrogens with zero attached hydrogens (tertiary/aromatic N) is 1. The summed E-state index contributed by atoms with van der Waals surface area (Å²) in [4.78, 5) is 9.67. The fourth-order valence-electron chi connectivity index (χ4n) is 0.983. The number of phenols is 1. The molecule has 1 aromatic carbocycles. The van der Waals surface area contributed by atoms with Gasteiger partial charge < -0.3 is 9.84 Å². The summed E-state index contributed by atoms with van der Waals surface area (Å²) in [5.41, 5.74) is 0.448. The maximum atomic E-state index is 10.1. The first-order valence-electron chi connectivity index (χ1n) is 3.61. The lowest BCUT2D eigenvalue weighted by Crippen LogP contribution is -1.97. The maximum absolute atomic E-state index is 10.1. The van der Waals surface area contributed by atoms with Gasteiger partial charge in [-0.1, -0.05) is 0 Å². The number of hydrogen-bond acceptors (Lipinski definition) is 4. The second-order valence-corrected chi connectivity index (χ2v) is 2.50. The molecule has 0 bridgehead atoms. The van der Waals surface area contributed by atoms with Gasteiger partial charge in [0, 0.05) is 10.5 Å². The van der Waals surface area contributed by atoms with E-state index in [1.54, 1.807) is 6.07 Å². The van der Waals surface area contributed by atoms with Gasteiger partial charge in [0.25, 0.3) is 0 Å². The van der Waals surface area contributed by atoms with E-state index in [1.165, 1.54) is 19.2 Å². The van der Waals surface area contributed by atoms with Crippen LogP contribution < -0.4 is 4.74 Å². The SMILES string of the molecule is COc1ccc(C[N+](=O)[O-])cc1O. The van der Waals surface area contributed by atoms with Gasteiger partial charge in [-0.05, 0) is 18.2 Å². The number of phenolic OH excluding ortho intramolecular Hbond substituents is 1. The van der Waals surface area contributed by atoms with Crippen LogP contribution in [0.25, 0.3) is 0 Å². The topological polar surface area (TPSA) is 72.6 Å². The van der Waals surface area contributed by atoms with E-state index >= 15 is 0 Å². The van der Waals surface area contributed by atoms with E-state index in [0.29, 0.717) is 11.3 Å². The van der Waals surface area contributed by atoms with Crippen molar-refractivity contribution in [3.8, 4) is 11.5 Å². The van der Waals surface area contributed by atoms with E-state index in [0.717, 1.165) is 0 Å². The number of aromatic hydroxyl groups is 1. The van der Waals surface area contributed by atoms with Gasteiger partial charge in [-0.3, -0.25) is 10.1 Å². The normalized spacial score (nSPS) is 9.62. The molecule has 0 aliphatic carbocycles. The minimum absolute atomic E-state index is 0.0816. The monoisotopic (exact) mass is 183 g/mol. The Morgan fingerprint density at radius 2 is 2.31 bits per heavy atom. The van der Waals surface area contributed by atoms with Crippen LogP contribution in [0.2, 0.25) is 0 Å². The molecule has 70 valence electrons. The molecule has 0 heterocycles. The number of methoxy groups -OCH3 is 1. The molecule has 0 saturated heterocycles. The smallest absolute Gasteiger partial charge is 0.229 e. The summed E-state index contributed by atoms with van der Waals surface area (Å²) >= 11 is 0. The molecule has 0 aliphatic heterocycles. The predicted molar refractivity (Wildman–Crippen MR) is 45.4 cm³/mol. The average Bonchev–Trinajstić information content (AvgIpc) is 2.03. The zero-order valence-corrected chi connectivity index (χ0v) is 7.06. The van der Waals surface area contributed by atoms with Gasteiger partial charge in [-0.15, -0.1) is 0 Å². The first kappa shape index (κ1) is 9.31. The predicted octanol–water partition coefficient (Wildman–Crippen LogP) is 1.18. The summed E-state index contributed by atoms with van der Waals surface area (Å²) in [6, 6.07) is 4.36. The summed E-state index contributed by atoms with van der Waals surface area (Å²) < 4.78 is 4.79. The van der Waals surface area contributed by atoms with Crippen molar-refractivity contribution in [1.82, 2.24) is 0 Å². The van der Waals surface area contributed by atoms with Crippen molar-refractivity contribution in [3.05, 3.63) is 33.9 Å². The second kappa shape index (κ2) is 3.75. The van der Waals surface area contributed by atoms with E-state index in [1.807, 2.05) is 0 Å². The Bertz CT molecular complexity index is 324. The highest BCUT2D eigenvalue weighted by molar-refractivity contribution is 5.41. The largest absolute Gasteiger partial charge is 0.504 e. The molecule has 0 radical (unpaired) electrons. The summed E-state index contributed by atoms with van der Waals surface area (Å²) in [5, 5.41) is 19.4. The van der Waals surface area contributed by atoms with Crippen LogP contribution in [0.15, 0.2) is 18.2 Å². The third kappa shape index (κ3) is 2.33. The van der Waals surface area contributed by atoms with Gasteiger partial charge in [0.05, 0.1) is 7.11 Å². The fraction of sp³-hybridized carbons (Fsp3) is 0.250. The van der Waals surface area contributed by atoms with E-state index in [4.69, 9.17) is 4.74 Å². The standard InChI is InChI=1S/C8H9NO4/c1-13-8-3-2-6(4-7(8)10)5-9(11)12/h2-4,10H,5H2,1H3. The molecular weight excluding hydrogens is 174 g/mol. The lowest BCUT2D eigenvalue weighted by Gasteiger charge is -2.03. The second-order valence-electron chi connectivity index (χ2n) is 2.50. The van der Waals surface area contributed by atoms with Gasteiger partial charge in [0.15, 0.2) is 11.5 Å². The van der Waals surface area contributed by atoms with Gasteiger partial charge in [-0.2, -0.15) is 0 Å². The molecule has 1 rings (SSSR count). The Hall–Kier alpha value is -1.78. The van der Waals surface area contributed by atoms with Crippen molar-refractivity contribution < 1.29 is 14.8 Å². The van der Waals surface area contributed by atoms with Gasteiger partial charge in [0.2, 0.25) is 6.54 Å². The lowest BCUT2D eigenvalue weighted by atomic mass is 10.2. The number of rotatable bonds is 3. The average molecular weight is 183 g/mol. The molecular formula is C8H9NO4. The summed E-state index contributed by atoms with van der Waals surface area (Å²) in [5.74, 6) is 0.231. The Morgan fingerprint density at radius 1 is 1.62 bits per heavy atom. The molecule has 0 fully saturated rings. The highest BCUT2D eigenvalue weighted by Gasteiger charge is 2.06. The van der Waals surface area contributed by atoms with Gasteiger partial charge in [0.1, 0.15) is 0 Å². The van der Waals surface area contributed by atoms with Crippen molar-refractivity contribution in [2.45, 2.75) is 6.54 Å². The van der Waals surface area contributed by atoms with Crippen molar-refractivity contribution in [2.75, 3.05) is 7.11 Å². The van der Waals surface area contributed by atoms with Crippen molar-refractivity contribution in [1.29, 1.82) is 0 Å². The van der Waals surface area contributed by atoms with Crippen molar-refractivity contribution in [2.24, 2.45) is 0 Å². The number of nitro groups is 1. The molecule has 0 atom stereocenters. The first-order chi connectivity index (χ1) is 6.13. The van der Waals surface area contributed by atoms with Crippen LogP contribution in [0.5, 0.6) is 11.5 Å². The number of ether oxygens (including phenoxy) is 1. The van der Waals surface area contributed by atoms with Crippen LogP contribution >= 0.6 is 0 Å². The minimum atomic E-state index is -0.457. The quantitative estimate of drug-likeness (QED) is 0.564. The first-order valence-corrected chi connectivity index (χ1v) is 3.61. The van der Waals surface area contributed by atoms with E-state index in [-0.39, 0.29) is 12.3 Å². The van der Waals surface area contributed by atoms with Crippen LogP contribution in [-0.2, 0) is 6.54 Å². The Balaban J connectivity index is 2.89. The van der Waals surface area contributed by atoms with E-state index in [2.05, 4.69) is 0 Å². The molecule has 0 spiro atoms. The molecule has 0 aromatic heterocycles. The van der Waals surface area contributed by atoms with Crippen LogP contribution in [0.3, 0.4) is 0 Å². The zero-order valence-electron chi connectivity index (χ0n) is 7.06. The Labute approximate surface area is 74.7 Å². The van der Waals surface area contributed by atoms with Crippen molar-refractivity contribution >= 4 is 0 Å². The summed E-state index contributed by atoms with van der Waals surface area (Å²) in [6.45, 7) is -0.294. The van der Waals surface area contributed by atoms with Crippen molar-refractivity contribution in [3.63, 3.8) is 0 Å². The molecule has 13 heavy (non-hydrogen) atoms. The molecule has 1 aromatic rings. The highest BCUT2D eigenvalue weighted by Crippen LogP contribution is 2.26. The highest BCUT2D eigenvalue weighted by atomic mass is 16.6. The molecule has 0 aliphatic rings. The van der Waals surface area contributed by atoms with Gasteiger partial charge in [-0.25, -0.2) is 0 Å². The molecule has 0 amide bonds. The minimum Gasteiger partial charge on any atom is -0.504 e. The summed E-state index contributed by atoms with van der Waals surface area (Å²) in [6.07, 6.45) is 0. The van der Waals surface area contributed by atoms with Crippen LogP contribution in [0.4, 0.5) is 0 Å². The van der Waals surface area contributed by atoms with E-state index in [9.17, 15) is 15.2 Å². The maximum Gasteiger partial charge on any atom is 0.229 e. The van der Waals surface area contributed by atoms with Crippen LogP contribution in [0, 0.1) is 10.1 Å². The van der Waals surface area contributed by atoms with E-state index < -0.39 is 4.92 Å². The van der Waals surface area contributed by atoms with Gasteiger partial charge >= 0.3 is 0 Å². The Morgan fingerprint density at radius 3 is 2.77 bits per heavy atom. The van der Waals surface area contributed by atoms with Crippen LogP contribution in [0.1, 0.15) is 5.56 Å². The molecule has 0 saturated carbocycles. The zero-order chi connectivity index (χ0) is 9.84. The molecule has 0 unspecified atom stereocenters. The molecule has 1 N–H and O–H groups in total. The number of hydrogen-bond donors (Lipinski definition) is 1. The molecule has 5 nitrogen and oxygen atoms in total. The molecule has 5 heteroatoms. The van der Waals surface area contributed by atoms with Crippen LogP contribution in [-0.4, -0.2) is 17.1 Å². The Kier molecular flexibility index (Phi) is 2.69. The third-order valence-corrected chi connectivity index (χ3v) is 1.55. The third-order valence-electron chi connectivity index (χ3n) is 1.55. The summed E-state index contributed by atoms with van der Waals surface area (Å²) in [7, 11) is 1.42. The fourth-order valence-corrected chi connectivity index (χ4v) is 0.983. The lowest BCUT2D eigenvalue weighted by molar-refractivity contribution is -0.496. The number of benzene rings is 1.